The number of hydrogen-bond donors (Lipinski definition) is 1. The average molecular weight is 367 g/mol. The van der Waals surface area contributed by atoms with Gasteiger partial charge in [0.05, 0.1) is 5.02 Å². The molecular weight excluding hydrogens is 347 g/mol. The molecule has 0 spiro atoms. The fourth-order valence-corrected chi connectivity index (χ4v) is 2.93. The maximum Gasteiger partial charge on any atom is 0.302 e. The van der Waals surface area contributed by atoms with E-state index in [9.17, 15) is 14.3 Å². The van der Waals surface area contributed by atoms with Crippen LogP contribution < -0.4 is 0 Å². The molecule has 1 N–H and O–H groups in total. The van der Waals surface area contributed by atoms with Crippen molar-refractivity contribution in [1.82, 2.24) is 0 Å². The molecule has 0 radical (unpaired) electrons. The van der Waals surface area contributed by atoms with Crippen LogP contribution >= 0.6 is 11.6 Å². The third-order valence-electron chi connectivity index (χ3n) is 3.86. The van der Waals surface area contributed by atoms with Crippen molar-refractivity contribution >= 4 is 17.6 Å². The second kappa shape index (κ2) is 8.32. The fourth-order valence-electron chi connectivity index (χ4n) is 2.59. The van der Waals surface area contributed by atoms with E-state index in [1.807, 2.05) is 13.0 Å². The molecule has 0 fully saturated rings. The minimum absolute atomic E-state index is 0.0138. The number of rotatable bonds is 6. The molecule has 2 aromatic carbocycles. The molecule has 0 saturated heterocycles. The van der Waals surface area contributed by atoms with Crippen LogP contribution in [0.15, 0.2) is 30.3 Å². The molecule has 6 heteroatoms. The fraction of sp³-hybridized carbons (Fsp3) is 0.316. The van der Waals surface area contributed by atoms with Crippen LogP contribution in [-0.2, 0) is 27.3 Å². The van der Waals surface area contributed by atoms with Gasteiger partial charge in [0, 0.05) is 25.2 Å². The second-order valence-corrected chi connectivity index (χ2v) is 6.02. The van der Waals surface area contributed by atoms with Crippen molar-refractivity contribution in [2.75, 3.05) is 7.11 Å². The standard InChI is InChI=1S/C19H20ClFO4/c1-4-12-5-6-14(16(21)8-12)19(24-3)18-15(20)7-13(9-17(18)23)10-25-11(2)22/h5-9,19,23H,4,10H2,1-3H3. The number of halogens is 2. The first kappa shape index (κ1) is 19.2. The predicted octanol–water partition coefficient (Wildman–Crippen LogP) is 4.55. The van der Waals surface area contributed by atoms with E-state index in [0.29, 0.717) is 12.0 Å². The number of methoxy groups -OCH3 is 1. The quantitative estimate of drug-likeness (QED) is 0.762. The Morgan fingerprint density at radius 2 is 2.00 bits per heavy atom. The average Bonchev–Trinajstić information content (AvgIpc) is 2.56. The lowest BCUT2D eigenvalue weighted by atomic mass is 9.97. The summed E-state index contributed by atoms with van der Waals surface area (Å²) in [5.74, 6) is -1.02. The van der Waals surface area contributed by atoms with Gasteiger partial charge in [0.1, 0.15) is 24.3 Å². The van der Waals surface area contributed by atoms with Crippen molar-refractivity contribution in [3.05, 3.63) is 63.4 Å². The van der Waals surface area contributed by atoms with E-state index in [4.69, 9.17) is 21.1 Å². The molecule has 0 saturated carbocycles. The van der Waals surface area contributed by atoms with E-state index in [2.05, 4.69) is 0 Å². The summed E-state index contributed by atoms with van der Waals surface area (Å²) in [5.41, 5.74) is 1.93. The van der Waals surface area contributed by atoms with E-state index < -0.39 is 17.9 Å². The number of phenols is 1. The highest BCUT2D eigenvalue weighted by Crippen LogP contribution is 2.39. The molecule has 0 aromatic heterocycles. The monoisotopic (exact) mass is 366 g/mol. The Morgan fingerprint density at radius 1 is 1.28 bits per heavy atom. The second-order valence-electron chi connectivity index (χ2n) is 5.62. The van der Waals surface area contributed by atoms with Crippen LogP contribution in [0, 0.1) is 5.82 Å². The van der Waals surface area contributed by atoms with Crippen molar-refractivity contribution in [2.45, 2.75) is 33.0 Å². The van der Waals surface area contributed by atoms with Crippen LogP contribution in [0.1, 0.15) is 42.2 Å². The van der Waals surface area contributed by atoms with Gasteiger partial charge in [-0.15, -0.1) is 0 Å². The van der Waals surface area contributed by atoms with Crippen LogP contribution in [0.5, 0.6) is 5.75 Å². The maximum atomic E-state index is 14.4. The number of aryl methyl sites for hydroxylation is 1. The van der Waals surface area contributed by atoms with Gasteiger partial charge in [0.15, 0.2) is 0 Å². The summed E-state index contributed by atoms with van der Waals surface area (Å²) >= 11 is 6.28. The summed E-state index contributed by atoms with van der Waals surface area (Å²) in [5, 5.41) is 10.6. The summed E-state index contributed by atoms with van der Waals surface area (Å²) in [6.45, 7) is 3.21. The number of ether oxygens (including phenoxy) is 2. The van der Waals surface area contributed by atoms with Gasteiger partial charge in [-0.1, -0.05) is 30.7 Å². The molecule has 0 amide bonds. The lowest BCUT2D eigenvalue weighted by Crippen LogP contribution is -2.08. The zero-order valence-corrected chi connectivity index (χ0v) is 15.1. The highest BCUT2D eigenvalue weighted by Gasteiger charge is 2.24. The molecule has 0 bridgehead atoms. The van der Waals surface area contributed by atoms with Crippen molar-refractivity contribution in [3.8, 4) is 5.75 Å². The predicted molar refractivity (Wildman–Crippen MR) is 93.2 cm³/mol. The summed E-state index contributed by atoms with van der Waals surface area (Å²) in [4.78, 5) is 10.9. The Balaban J connectivity index is 2.42. The molecular formula is C19H20ClFO4. The van der Waals surface area contributed by atoms with Gasteiger partial charge in [-0.2, -0.15) is 0 Å². The van der Waals surface area contributed by atoms with E-state index >= 15 is 0 Å². The summed E-state index contributed by atoms with van der Waals surface area (Å²) in [6.07, 6.45) is -0.146. The lowest BCUT2D eigenvalue weighted by molar-refractivity contribution is -0.142. The Labute approximate surface area is 151 Å². The molecule has 1 unspecified atom stereocenters. The molecule has 0 heterocycles. The number of carbonyl (C=O) groups is 1. The number of phenolic OH excluding ortho intramolecular Hbond substituents is 1. The van der Waals surface area contributed by atoms with E-state index in [1.54, 1.807) is 12.1 Å². The molecule has 0 aliphatic carbocycles. The largest absolute Gasteiger partial charge is 0.507 e. The molecule has 1 atom stereocenters. The van der Waals surface area contributed by atoms with Gasteiger partial charge in [-0.3, -0.25) is 4.79 Å². The van der Waals surface area contributed by atoms with Crippen LogP contribution in [0.3, 0.4) is 0 Å². The van der Waals surface area contributed by atoms with Gasteiger partial charge >= 0.3 is 5.97 Å². The molecule has 2 rings (SSSR count). The summed E-state index contributed by atoms with van der Waals surface area (Å²) < 4.78 is 24.8. The molecule has 0 aliphatic rings. The van der Waals surface area contributed by atoms with Crippen molar-refractivity contribution in [2.24, 2.45) is 0 Å². The third kappa shape index (κ3) is 4.50. The topological polar surface area (TPSA) is 55.8 Å². The van der Waals surface area contributed by atoms with E-state index in [0.717, 1.165) is 5.56 Å². The summed E-state index contributed by atoms with van der Waals surface area (Å²) in [6, 6.07) is 7.87. The van der Waals surface area contributed by atoms with Crippen molar-refractivity contribution in [3.63, 3.8) is 0 Å². The number of carbonyl (C=O) groups excluding carboxylic acids is 1. The van der Waals surface area contributed by atoms with Gasteiger partial charge in [-0.05, 0) is 35.7 Å². The first-order chi connectivity index (χ1) is 11.9. The molecule has 4 nitrogen and oxygen atoms in total. The molecule has 0 aliphatic heterocycles. The number of esters is 1. The van der Waals surface area contributed by atoms with Crippen LogP contribution in [-0.4, -0.2) is 18.2 Å². The molecule has 2 aromatic rings. The van der Waals surface area contributed by atoms with Gasteiger partial charge in [0.2, 0.25) is 0 Å². The Bertz CT molecular complexity index is 753. The number of aromatic hydroxyl groups is 1. The molecule has 134 valence electrons. The van der Waals surface area contributed by atoms with Crippen LogP contribution in [0.25, 0.3) is 0 Å². The first-order valence-electron chi connectivity index (χ1n) is 7.83. The highest BCUT2D eigenvalue weighted by atomic mass is 35.5. The summed E-state index contributed by atoms with van der Waals surface area (Å²) in [7, 11) is 1.42. The van der Waals surface area contributed by atoms with Crippen molar-refractivity contribution in [1.29, 1.82) is 0 Å². The zero-order chi connectivity index (χ0) is 18.6. The van der Waals surface area contributed by atoms with Crippen LogP contribution in [0.2, 0.25) is 5.02 Å². The minimum Gasteiger partial charge on any atom is -0.507 e. The van der Waals surface area contributed by atoms with Gasteiger partial charge in [0.25, 0.3) is 0 Å². The van der Waals surface area contributed by atoms with E-state index in [1.165, 1.54) is 26.2 Å². The van der Waals surface area contributed by atoms with Gasteiger partial charge in [-0.25, -0.2) is 4.39 Å². The minimum atomic E-state index is -0.860. The smallest absolute Gasteiger partial charge is 0.302 e. The Hall–Kier alpha value is -2.11. The Kier molecular flexibility index (Phi) is 6.39. The van der Waals surface area contributed by atoms with Gasteiger partial charge < -0.3 is 14.6 Å². The third-order valence-corrected chi connectivity index (χ3v) is 4.18. The number of hydrogen-bond acceptors (Lipinski definition) is 4. The first-order valence-corrected chi connectivity index (χ1v) is 8.20. The zero-order valence-electron chi connectivity index (χ0n) is 14.3. The number of benzene rings is 2. The van der Waals surface area contributed by atoms with Crippen molar-refractivity contribution < 1.29 is 23.8 Å². The SMILES string of the molecule is CCc1ccc(C(OC)c2c(O)cc(COC(C)=O)cc2Cl)c(F)c1. The molecule has 25 heavy (non-hydrogen) atoms. The highest BCUT2D eigenvalue weighted by molar-refractivity contribution is 6.31. The van der Waals surface area contributed by atoms with Crippen LogP contribution in [0.4, 0.5) is 4.39 Å². The normalized spacial score (nSPS) is 12.0. The lowest BCUT2D eigenvalue weighted by Gasteiger charge is -2.20. The maximum absolute atomic E-state index is 14.4. The Morgan fingerprint density at radius 3 is 2.52 bits per heavy atom. The van der Waals surface area contributed by atoms with E-state index in [-0.39, 0.29) is 28.5 Å².